The van der Waals surface area contributed by atoms with Crippen LogP contribution in [-0.4, -0.2) is 60.5 Å². The second-order valence-electron chi connectivity index (χ2n) is 7.92. The van der Waals surface area contributed by atoms with E-state index in [0.29, 0.717) is 6.42 Å². The molecule has 1 amide bonds. The first-order valence-corrected chi connectivity index (χ1v) is 10.4. The number of halogens is 1. The lowest BCUT2D eigenvalue weighted by molar-refractivity contribution is -0.132. The molecule has 4 rings (SSSR count). The Kier molecular flexibility index (Phi) is 6.04. The van der Waals surface area contributed by atoms with Crippen LogP contribution in [0.4, 0.5) is 4.39 Å². The van der Waals surface area contributed by atoms with E-state index in [-0.39, 0.29) is 11.7 Å². The van der Waals surface area contributed by atoms with Gasteiger partial charge in [0.25, 0.3) is 0 Å². The minimum absolute atomic E-state index is 0.109. The van der Waals surface area contributed by atoms with Gasteiger partial charge in [0, 0.05) is 49.3 Å². The number of H-pyrrole nitrogens is 1. The van der Waals surface area contributed by atoms with Crippen molar-refractivity contribution in [2.45, 2.75) is 19.8 Å². The number of piperazine rings is 1. The monoisotopic (exact) mass is 409 g/mol. The van der Waals surface area contributed by atoms with E-state index in [0.717, 1.165) is 67.1 Å². The maximum absolute atomic E-state index is 13.7. The molecule has 0 atom stereocenters. The number of benzene rings is 2. The molecule has 2 aromatic carbocycles. The van der Waals surface area contributed by atoms with E-state index in [1.807, 2.05) is 24.0 Å². The molecule has 3 aromatic rings. The van der Waals surface area contributed by atoms with Crippen molar-refractivity contribution < 1.29 is 13.9 Å². The molecule has 5 nitrogen and oxygen atoms in total. The number of amides is 1. The first-order chi connectivity index (χ1) is 14.5. The number of fused-ring (bicyclic) bond motifs is 1. The van der Waals surface area contributed by atoms with Gasteiger partial charge < -0.3 is 14.6 Å². The van der Waals surface area contributed by atoms with E-state index < -0.39 is 0 Å². The average Bonchev–Trinajstić information content (AvgIpc) is 3.07. The van der Waals surface area contributed by atoms with Crippen molar-refractivity contribution in [2.24, 2.45) is 0 Å². The number of ether oxygens (including phenoxy) is 1. The van der Waals surface area contributed by atoms with Gasteiger partial charge in [0.15, 0.2) is 0 Å². The second-order valence-corrected chi connectivity index (χ2v) is 7.92. The summed E-state index contributed by atoms with van der Waals surface area (Å²) in [4.78, 5) is 20.5. The molecule has 0 saturated carbocycles. The maximum atomic E-state index is 13.7. The number of aromatic nitrogens is 1. The highest BCUT2D eigenvalue weighted by molar-refractivity contribution is 5.90. The zero-order chi connectivity index (χ0) is 21.1. The molecule has 30 heavy (non-hydrogen) atoms. The molecule has 1 fully saturated rings. The molecular weight excluding hydrogens is 381 g/mol. The van der Waals surface area contributed by atoms with Gasteiger partial charge in [0.2, 0.25) is 5.91 Å². The summed E-state index contributed by atoms with van der Waals surface area (Å²) in [6, 6.07) is 12.9. The molecule has 1 N–H and O–H groups in total. The number of nitrogens with zero attached hydrogens (tertiary/aromatic N) is 2. The number of methoxy groups -OCH3 is 1. The molecular formula is C24H28FN3O2. The summed E-state index contributed by atoms with van der Waals surface area (Å²) < 4.78 is 18.9. The first-order valence-electron chi connectivity index (χ1n) is 10.4. The first kappa shape index (κ1) is 20.4. The largest absolute Gasteiger partial charge is 0.497 e. The lowest BCUT2D eigenvalue weighted by Crippen LogP contribution is -2.49. The number of carbonyl (C=O) groups is 1. The Morgan fingerprint density at radius 2 is 1.83 bits per heavy atom. The summed E-state index contributed by atoms with van der Waals surface area (Å²) in [6.45, 7) is 6.15. The van der Waals surface area contributed by atoms with Gasteiger partial charge in [-0.1, -0.05) is 12.1 Å². The minimum atomic E-state index is -0.277. The Morgan fingerprint density at radius 3 is 2.53 bits per heavy atom. The molecule has 158 valence electrons. The number of hydrogen-bond donors (Lipinski definition) is 1. The number of hydrogen-bond acceptors (Lipinski definition) is 3. The van der Waals surface area contributed by atoms with Crippen LogP contribution in [0.1, 0.15) is 16.8 Å². The fraction of sp³-hybridized carbons (Fsp3) is 0.375. The molecule has 0 aliphatic carbocycles. The average molecular weight is 410 g/mol. The molecule has 2 heterocycles. The zero-order valence-corrected chi connectivity index (χ0v) is 17.6. The smallest absolute Gasteiger partial charge is 0.227 e. The third-order valence-corrected chi connectivity index (χ3v) is 6.01. The highest BCUT2D eigenvalue weighted by Crippen LogP contribution is 2.24. The summed E-state index contributed by atoms with van der Waals surface area (Å²) >= 11 is 0. The molecule has 6 heteroatoms. The highest BCUT2D eigenvalue weighted by Gasteiger charge is 2.22. The molecule has 0 bridgehead atoms. The number of rotatable bonds is 6. The standard InChI is InChI=1S/C24H28FN3O2/c1-17-21(22-15-19(25)5-8-23(22)26-17)16-24(29)28-13-11-27(12-14-28)10-9-18-3-6-20(30-2)7-4-18/h3-8,15,26H,9-14,16H2,1-2H3. The van der Waals surface area contributed by atoms with Gasteiger partial charge in [-0.2, -0.15) is 0 Å². The van der Waals surface area contributed by atoms with Crippen LogP contribution in [-0.2, 0) is 17.6 Å². The van der Waals surface area contributed by atoms with E-state index in [1.165, 1.54) is 17.7 Å². The summed E-state index contributed by atoms with van der Waals surface area (Å²) in [5.74, 6) is 0.706. The van der Waals surface area contributed by atoms with Crippen molar-refractivity contribution in [3.05, 3.63) is 65.1 Å². The zero-order valence-electron chi connectivity index (χ0n) is 17.6. The molecule has 1 aliphatic heterocycles. The van der Waals surface area contributed by atoms with Gasteiger partial charge in [-0.15, -0.1) is 0 Å². The van der Waals surface area contributed by atoms with E-state index in [2.05, 4.69) is 22.0 Å². The summed E-state index contributed by atoms with van der Waals surface area (Å²) in [7, 11) is 1.67. The number of nitrogens with one attached hydrogen (secondary N) is 1. The molecule has 1 aromatic heterocycles. The lowest BCUT2D eigenvalue weighted by atomic mass is 10.1. The second kappa shape index (κ2) is 8.88. The molecule has 0 unspecified atom stereocenters. The van der Waals surface area contributed by atoms with Crippen molar-refractivity contribution in [1.29, 1.82) is 0 Å². The summed E-state index contributed by atoms with van der Waals surface area (Å²) in [5.41, 5.74) is 4.00. The fourth-order valence-corrected chi connectivity index (χ4v) is 4.15. The van der Waals surface area contributed by atoms with E-state index >= 15 is 0 Å². The third-order valence-electron chi connectivity index (χ3n) is 6.01. The summed E-state index contributed by atoms with van der Waals surface area (Å²) in [5, 5.41) is 0.805. The van der Waals surface area contributed by atoms with Gasteiger partial charge in [-0.05, 0) is 54.8 Å². The molecule has 0 spiro atoms. The number of aromatic amines is 1. The van der Waals surface area contributed by atoms with E-state index in [4.69, 9.17) is 4.74 Å². The van der Waals surface area contributed by atoms with Gasteiger partial charge in [0.1, 0.15) is 11.6 Å². The summed E-state index contributed by atoms with van der Waals surface area (Å²) in [6.07, 6.45) is 1.29. The molecule has 1 saturated heterocycles. The highest BCUT2D eigenvalue weighted by atomic mass is 19.1. The predicted molar refractivity (Wildman–Crippen MR) is 116 cm³/mol. The molecule has 1 aliphatic rings. The number of aryl methyl sites for hydroxylation is 1. The van der Waals surface area contributed by atoms with Crippen molar-refractivity contribution in [2.75, 3.05) is 39.8 Å². The van der Waals surface area contributed by atoms with Gasteiger partial charge in [-0.25, -0.2) is 4.39 Å². The van der Waals surface area contributed by atoms with Gasteiger partial charge in [0.05, 0.1) is 13.5 Å². The Morgan fingerprint density at radius 1 is 1.10 bits per heavy atom. The van der Waals surface area contributed by atoms with Crippen molar-refractivity contribution in [3.8, 4) is 5.75 Å². The Bertz CT molecular complexity index is 1020. The van der Waals surface area contributed by atoms with Crippen LogP contribution in [0.15, 0.2) is 42.5 Å². The Hall–Kier alpha value is -2.86. The van der Waals surface area contributed by atoms with Crippen LogP contribution in [0, 0.1) is 12.7 Å². The van der Waals surface area contributed by atoms with E-state index in [1.54, 1.807) is 13.2 Å². The van der Waals surface area contributed by atoms with Crippen molar-refractivity contribution in [3.63, 3.8) is 0 Å². The van der Waals surface area contributed by atoms with Crippen LogP contribution in [0.5, 0.6) is 5.75 Å². The SMILES string of the molecule is COc1ccc(CCN2CCN(C(=O)Cc3c(C)[nH]c4ccc(F)cc34)CC2)cc1. The maximum Gasteiger partial charge on any atom is 0.227 e. The number of carbonyl (C=O) groups excluding carboxylic acids is 1. The lowest BCUT2D eigenvalue weighted by Gasteiger charge is -2.35. The Balaban J connectivity index is 1.30. The molecule has 0 radical (unpaired) electrons. The normalized spacial score (nSPS) is 15.0. The van der Waals surface area contributed by atoms with Crippen LogP contribution in [0.3, 0.4) is 0 Å². The Labute approximate surface area is 176 Å². The van der Waals surface area contributed by atoms with Crippen LogP contribution < -0.4 is 4.74 Å². The van der Waals surface area contributed by atoms with Gasteiger partial charge in [-0.3, -0.25) is 9.69 Å². The van der Waals surface area contributed by atoms with Crippen LogP contribution in [0.2, 0.25) is 0 Å². The fourth-order valence-electron chi connectivity index (χ4n) is 4.15. The van der Waals surface area contributed by atoms with Crippen molar-refractivity contribution in [1.82, 2.24) is 14.8 Å². The predicted octanol–water partition coefficient (Wildman–Crippen LogP) is 3.55. The van der Waals surface area contributed by atoms with Crippen LogP contribution >= 0.6 is 0 Å². The van der Waals surface area contributed by atoms with Gasteiger partial charge >= 0.3 is 0 Å². The van der Waals surface area contributed by atoms with Crippen LogP contribution in [0.25, 0.3) is 10.9 Å². The quantitative estimate of drug-likeness (QED) is 0.677. The van der Waals surface area contributed by atoms with E-state index in [9.17, 15) is 9.18 Å². The topological polar surface area (TPSA) is 48.6 Å². The minimum Gasteiger partial charge on any atom is -0.497 e. The third kappa shape index (κ3) is 4.49. The van der Waals surface area contributed by atoms with Crippen molar-refractivity contribution >= 4 is 16.8 Å².